The number of halogens is 1. The van der Waals surface area contributed by atoms with E-state index in [2.05, 4.69) is 0 Å². The number of aromatic carboxylic acids is 1. The molecule has 1 aromatic rings. The van der Waals surface area contributed by atoms with E-state index in [9.17, 15) is 19.5 Å². The summed E-state index contributed by atoms with van der Waals surface area (Å²) in [5.74, 6) is -1.33. The Labute approximate surface area is 124 Å². The number of carbonyl (C=O) groups is 3. The second-order valence-electron chi connectivity index (χ2n) is 4.41. The van der Waals surface area contributed by atoms with E-state index in [0.717, 1.165) is 11.8 Å². The minimum absolute atomic E-state index is 0.0145. The van der Waals surface area contributed by atoms with Crippen molar-refractivity contribution >= 4 is 46.0 Å². The molecule has 0 spiro atoms. The number of hydrogen-bond donors (Lipinski definition) is 1. The number of anilines is 1. The maximum absolute atomic E-state index is 12.0. The zero-order chi connectivity index (χ0) is 14.9. The minimum atomic E-state index is -1.14. The van der Waals surface area contributed by atoms with Gasteiger partial charge in [-0.25, -0.2) is 4.79 Å². The largest absolute Gasteiger partial charge is 0.478 e. The predicted octanol–water partition coefficient (Wildman–Crippen LogP) is 2.42. The van der Waals surface area contributed by atoms with Gasteiger partial charge in [0.1, 0.15) is 0 Å². The van der Waals surface area contributed by atoms with Crippen LogP contribution in [-0.2, 0) is 9.59 Å². The van der Waals surface area contributed by atoms with Crippen LogP contribution in [0.2, 0.25) is 5.02 Å². The van der Waals surface area contributed by atoms with E-state index >= 15 is 0 Å². The third-order valence-corrected chi connectivity index (χ3v) is 4.12. The number of amides is 1. The van der Waals surface area contributed by atoms with Gasteiger partial charge in [-0.05, 0) is 18.2 Å². The second-order valence-corrected chi connectivity index (χ2v) is 6.32. The van der Waals surface area contributed by atoms with Crippen LogP contribution in [0, 0.1) is 0 Å². The highest BCUT2D eigenvalue weighted by Gasteiger charge is 2.33. The molecule has 5 nitrogen and oxygen atoms in total. The first-order chi connectivity index (χ1) is 9.38. The van der Waals surface area contributed by atoms with E-state index in [4.69, 9.17) is 11.6 Å². The maximum atomic E-state index is 12.0. The SMILES string of the molecule is CC(=O)SC1CC(=O)N(c2ccc(Cl)cc2C(=O)O)C1. The van der Waals surface area contributed by atoms with Crippen molar-refractivity contribution in [3.8, 4) is 0 Å². The molecule has 1 atom stereocenters. The number of carboxylic acid groups (broad SMARTS) is 1. The Morgan fingerprint density at radius 3 is 2.75 bits per heavy atom. The van der Waals surface area contributed by atoms with Crippen molar-refractivity contribution in [3.63, 3.8) is 0 Å². The van der Waals surface area contributed by atoms with Crippen molar-refractivity contribution in [2.75, 3.05) is 11.4 Å². The summed E-state index contributed by atoms with van der Waals surface area (Å²) in [6.45, 7) is 1.77. The second kappa shape index (κ2) is 5.85. The van der Waals surface area contributed by atoms with Gasteiger partial charge in [0.2, 0.25) is 5.91 Å². The molecule has 7 heteroatoms. The van der Waals surface area contributed by atoms with Crippen LogP contribution >= 0.6 is 23.4 Å². The number of benzene rings is 1. The van der Waals surface area contributed by atoms with E-state index < -0.39 is 5.97 Å². The smallest absolute Gasteiger partial charge is 0.337 e. The van der Waals surface area contributed by atoms with Crippen LogP contribution < -0.4 is 4.90 Å². The third kappa shape index (κ3) is 3.13. The lowest BCUT2D eigenvalue weighted by atomic mass is 10.1. The molecule has 1 unspecified atom stereocenters. The van der Waals surface area contributed by atoms with Crippen LogP contribution in [0.4, 0.5) is 5.69 Å². The van der Waals surface area contributed by atoms with Gasteiger partial charge in [-0.1, -0.05) is 23.4 Å². The number of nitrogens with zero attached hydrogens (tertiary/aromatic N) is 1. The Kier molecular flexibility index (Phi) is 4.35. The Bertz CT molecular complexity index is 590. The van der Waals surface area contributed by atoms with Crippen LogP contribution in [0.15, 0.2) is 18.2 Å². The standard InChI is InChI=1S/C13H12ClNO4S/c1-7(16)20-9-5-12(17)15(6-9)11-3-2-8(14)4-10(11)13(18)19/h2-4,9H,5-6H2,1H3,(H,18,19). The van der Waals surface area contributed by atoms with Gasteiger partial charge in [-0.2, -0.15) is 0 Å². The predicted molar refractivity (Wildman–Crippen MR) is 77.4 cm³/mol. The molecule has 0 radical (unpaired) electrons. The molecular formula is C13H12ClNO4S. The van der Waals surface area contributed by atoms with Gasteiger partial charge in [-0.15, -0.1) is 0 Å². The summed E-state index contributed by atoms with van der Waals surface area (Å²) >= 11 is 6.89. The van der Waals surface area contributed by atoms with Crippen LogP contribution in [0.3, 0.4) is 0 Å². The van der Waals surface area contributed by atoms with E-state index in [-0.39, 0.29) is 28.3 Å². The Balaban J connectivity index is 2.30. The van der Waals surface area contributed by atoms with Crippen molar-refractivity contribution in [1.29, 1.82) is 0 Å². The quantitative estimate of drug-likeness (QED) is 0.927. The summed E-state index contributed by atoms with van der Waals surface area (Å²) in [6, 6.07) is 4.38. The number of thioether (sulfide) groups is 1. The van der Waals surface area contributed by atoms with Crippen molar-refractivity contribution in [1.82, 2.24) is 0 Å². The summed E-state index contributed by atoms with van der Waals surface area (Å²) in [7, 11) is 0. The fourth-order valence-corrected chi connectivity index (χ4v) is 3.23. The lowest BCUT2D eigenvalue weighted by molar-refractivity contribution is -0.117. The highest BCUT2D eigenvalue weighted by molar-refractivity contribution is 8.14. The molecule has 1 N–H and O–H groups in total. The molecule has 0 bridgehead atoms. The molecule has 1 aliphatic rings. The number of rotatable bonds is 3. The summed E-state index contributed by atoms with van der Waals surface area (Å²) in [5.41, 5.74) is 0.304. The maximum Gasteiger partial charge on any atom is 0.337 e. The molecule has 20 heavy (non-hydrogen) atoms. The molecule has 1 amide bonds. The van der Waals surface area contributed by atoms with E-state index in [0.29, 0.717) is 17.3 Å². The molecule has 106 valence electrons. The fourth-order valence-electron chi connectivity index (χ4n) is 2.14. The molecule has 1 fully saturated rings. The topological polar surface area (TPSA) is 74.7 Å². The van der Waals surface area contributed by atoms with Gasteiger partial charge in [0, 0.05) is 30.2 Å². The average molecular weight is 314 g/mol. The van der Waals surface area contributed by atoms with Crippen molar-refractivity contribution < 1.29 is 19.5 Å². The van der Waals surface area contributed by atoms with Crippen LogP contribution in [0.5, 0.6) is 0 Å². The lowest BCUT2D eigenvalue weighted by Gasteiger charge is -2.18. The highest BCUT2D eigenvalue weighted by Crippen LogP contribution is 2.32. The molecule has 0 saturated carbocycles. The van der Waals surface area contributed by atoms with E-state index in [1.807, 2.05) is 0 Å². The molecule has 1 heterocycles. The van der Waals surface area contributed by atoms with Gasteiger partial charge in [-0.3, -0.25) is 9.59 Å². The zero-order valence-electron chi connectivity index (χ0n) is 10.6. The number of hydrogen-bond acceptors (Lipinski definition) is 4. The van der Waals surface area contributed by atoms with Crippen molar-refractivity contribution in [3.05, 3.63) is 28.8 Å². The highest BCUT2D eigenvalue weighted by atomic mass is 35.5. The van der Waals surface area contributed by atoms with Gasteiger partial charge in [0.05, 0.1) is 11.3 Å². The monoisotopic (exact) mass is 313 g/mol. The summed E-state index contributed by atoms with van der Waals surface area (Å²) in [4.78, 5) is 35.7. The Morgan fingerprint density at radius 1 is 1.45 bits per heavy atom. The summed E-state index contributed by atoms with van der Waals surface area (Å²) < 4.78 is 0. The molecule has 1 aliphatic heterocycles. The van der Waals surface area contributed by atoms with Crippen LogP contribution in [0.1, 0.15) is 23.7 Å². The van der Waals surface area contributed by atoms with Gasteiger partial charge in [0.15, 0.2) is 5.12 Å². The van der Waals surface area contributed by atoms with Crippen molar-refractivity contribution in [2.45, 2.75) is 18.6 Å². The van der Waals surface area contributed by atoms with Gasteiger partial charge >= 0.3 is 5.97 Å². The Morgan fingerprint density at radius 2 is 2.15 bits per heavy atom. The van der Waals surface area contributed by atoms with Crippen LogP contribution in [0.25, 0.3) is 0 Å². The van der Waals surface area contributed by atoms with E-state index in [1.54, 1.807) is 6.07 Å². The molecule has 1 saturated heterocycles. The van der Waals surface area contributed by atoms with Crippen molar-refractivity contribution in [2.24, 2.45) is 0 Å². The Hall–Kier alpha value is -1.53. The molecule has 0 aromatic heterocycles. The third-order valence-electron chi connectivity index (χ3n) is 2.90. The molecule has 0 aliphatic carbocycles. The first-order valence-electron chi connectivity index (χ1n) is 5.89. The van der Waals surface area contributed by atoms with Gasteiger partial charge in [0.25, 0.3) is 0 Å². The lowest BCUT2D eigenvalue weighted by Crippen LogP contribution is -2.27. The summed E-state index contributed by atoms with van der Waals surface area (Å²) in [6.07, 6.45) is 0.228. The normalized spacial score (nSPS) is 18.4. The molecular weight excluding hydrogens is 302 g/mol. The minimum Gasteiger partial charge on any atom is -0.478 e. The molecule has 1 aromatic carbocycles. The zero-order valence-corrected chi connectivity index (χ0v) is 12.2. The average Bonchev–Trinajstić information content (AvgIpc) is 2.69. The summed E-state index contributed by atoms with van der Waals surface area (Å²) in [5, 5.41) is 9.29. The number of carboxylic acids is 1. The number of carbonyl (C=O) groups excluding carboxylic acids is 2. The van der Waals surface area contributed by atoms with E-state index in [1.165, 1.54) is 24.0 Å². The van der Waals surface area contributed by atoms with Crippen LogP contribution in [-0.4, -0.2) is 33.9 Å². The first-order valence-corrected chi connectivity index (χ1v) is 7.14. The molecule has 2 rings (SSSR count). The van der Waals surface area contributed by atoms with Gasteiger partial charge < -0.3 is 10.0 Å². The first kappa shape index (κ1) is 14.9. The fraction of sp³-hybridized carbons (Fsp3) is 0.308.